The summed E-state index contributed by atoms with van der Waals surface area (Å²) in [6.07, 6.45) is -0.575. The van der Waals surface area contributed by atoms with Gasteiger partial charge in [0.25, 0.3) is 0 Å². The van der Waals surface area contributed by atoms with Crippen LogP contribution in [0.1, 0.15) is 47.9 Å². The molecular formula is C20H22F3N5O. The summed E-state index contributed by atoms with van der Waals surface area (Å²) in [4.78, 5) is 8.33. The van der Waals surface area contributed by atoms with Crippen LogP contribution >= 0.6 is 0 Å². The predicted molar refractivity (Wildman–Crippen MR) is 102 cm³/mol. The van der Waals surface area contributed by atoms with E-state index in [-0.39, 0.29) is 35.8 Å². The fourth-order valence-corrected chi connectivity index (χ4v) is 3.39. The number of alkyl halides is 3. The summed E-state index contributed by atoms with van der Waals surface area (Å²) >= 11 is 0. The molecule has 1 aliphatic rings. The van der Waals surface area contributed by atoms with Crippen molar-refractivity contribution in [1.82, 2.24) is 9.97 Å². The third-order valence-electron chi connectivity index (χ3n) is 4.95. The molecule has 0 radical (unpaired) electrons. The van der Waals surface area contributed by atoms with Crippen molar-refractivity contribution in [1.29, 1.82) is 5.26 Å². The first kappa shape index (κ1) is 20.9. The number of rotatable bonds is 5. The zero-order chi connectivity index (χ0) is 21.0. The maximum Gasteiger partial charge on any atom is 0.416 e. The van der Waals surface area contributed by atoms with E-state index in [1.807, 2.05) is 6.07 Å². The monoisotopic (exact) mass is 405 g/mol. The summed E-state index contributed by atoms with van der Waals surface area (Å²) in [5.74, 6) is 0.476. The molecule has 0 spiro atoms. The topological polar surface area (TPSA) is 93.9 Å². The SMILES string of the molecule is Cc1ccc(C(F)(F)F)c(CNc2ncc(C#N)c(NC3CCC(O)CC3)n2)c1. The van der Waals surface area contributed by atoms with Gasteiger partial charge in [0.2, 0.25) is 5.95 Å². The lowest BCUT2D eigenvalue weighted by Crippen LogP contribution is -2.29. The third-order valence-corrected chi connectivity index (χ3v) is 4.95. The van der Waals surface area contributed by atoms with Gasteiger partial charge in [0.15, 0.2) is 0 Å². The van der Waals surface area contributed by atoms with Gasteiger partial charge in [-0.2, -0.15) is 23.4 Å². The standard InChI is InChI=1S/C20H22F3N5O/c1-12-2-7-17(20(21,22)23)13(8-12)10-25-19-26-11-14(9-24)18(28-19)27-15-3-5-16(29)6-4-15/h2,7-8,11,15-16,29H,3-6,10H2,1H3,(H2,25,26,27,28). The number of aliphatic hydroxyl groups excluding tert-OH is 1. The lowest BCUT2D eigenvalue weighted by molar-refractivity contribution is -0.138. The second-order valence-corrected chi connectivity index (χ2v) is 7.23. The molecule has 9 heteroatoms. The maximum absolute atomic E-state index is 13.2. The van der Waals surface area contributed by atoms with Gasteiger partial charge in [0, 0.05) is 12.6 Å². The van der Waals surface area contributed by atoms with E-state index in [0.29, 0.717) is 18.7 Å². The molecule has 1 aromatic heterocycles. The van der Waals surface area contributed by atoms with Gasteiger partial charge < -0.3 is 15.7 Å². The number of hydrogen-bond acceptors (Lipinski definition) is 6. The molecule has 0 atom stereocenters. The first-order valence-electron chi connectivity index (χ1n) is 9.38. The molecule has 1 fully saturated rings. The fraction of sp³-hybridized carbons (Fsp3) is 0.450. The Bertz CT molecular complexity index is 902. The molecule has 0 aliphatic heterocycles. The zero-order valence-electron chi connectivity index (χ0n) is 15.9. The Morgan fingerprint density at radius 1 is 1.24 bits per heavy atom. The van der Waals surface area contributed by atoms with Gasteiger partial charge in [-0.15, -0.1) is 0 Å². The second kappa shape index (κ2) is 8.66. The number of nitrogens with one attached hydrogen (secondary N) is 2. The van der Waals surface area contributed by atoms with E-state index in [9.17, 15) is 23.5 Å². The molecule has 1 aromatic carbocycles. The molecule has 1 aliphatic carbocycles. The van der Waals surface area contributed by atoms with Gasteiger partial charge in [0.1, 0.15) is 17.5 Å². The van der Waals surface area contributed by atoms with Crippen LogP contribution < -0.4 is 10.6 Å². The normalized spacial score (nSPS) is 19.4. The zero-order valence-corrected chi connectivity index (χ0v) is 15.9. The Balaban J connectivity index is 1.76. The molecule has 0 unspecified atom stereocenters. The minimum atomic E-state index is -4.45. The first-order valence-corrected chi connectivity index (χ1v) is 9.38. The van der Waals surface area contributed by atoms with E-state index in [1.54, 1.807) is 6.92 Å². The summed E-state index contributed by atoms with van der Waals surface area (Å²) < 4.78 is 39.7. The van der Waals surface area contributed by atoms with Crippen molar-refractivity contribution < 1.29 is 18.3 Å². The number of nitriles is 1. The van der Waals surface area contributed by atoms with E-state index < -0.39 is 11.7 Å². The molecular weight excluding hydrogens is 383 g/mol. The highest BCUT2D eigenvalue weighted by molar-refractivity contribution is 5.54. The summed E-state index contributed by atoms with van der Waals surface area (Å²) in [6, 6.07) is 6.06. The van der Waals surface area contributed by atoms with Crippen molar-refractivity contribution in [3.63, 3.8) is 0 Å². The van der Waals surface area contributed by atoms with Crippen molar-refractivity contribution in [3.8, 4) is 6.07 Å². The summed E-state index contributed by atoms with van der Waals surface area (Å²) in [5.41, 5.74) is 0.371. The number of aliphatic hydroxyl groups is 1. The quantitative estimate of drug-likeness (QED) is 0.696. The fourth-order valence-electron chi connectivity index (χ4n) is 3.39. The molecule has 0 saturated heterocycles. The summed E-state index contributed by atoms with van der Waals surface area (Å²) in [5, 5.41) is 24.9. The third kappa shape index (κ3) is 5.35. The van der Waals surface area contributed by atoms with Crippen LogP contribution in [0.5, 0.6) is 0 Å². The van der Waals surface area contributed by atoms with Crippen LogP contribution in [0.15, 0.2) is 24.4 Å². The maximum atomic E-state index is 13.2. The largest absolute Gasteiger partial charge is 0.416 e. The molecule has 0 amide bonds. The molecule has 2 aromatic rings. The molecule has 154 valence electrons. The lowest BCUT2D eigenvalue weighted by atomic mass is 9.93. The minimum Gasteiger partial charge on any atom is -0.393 e. The summed E-state index contributed by atoms with van der Waals surface area (Å²) in [7, 11) is 0. The van der Waals surface area contributed by atoms with Crippen molar-refractivity contribution in [2.75, 3.05) is 10.6 Å². The molecule has 3 rings (SSSR count). The van der Waals surface area contributed by atoms with Crippen molar-refractivity contribution in [2.45, 2.75) is 57.5 Å². The van der Waals surface area contributed by atoms with Crippen LogP contribution in [-0.2, 0) is 12.7 Å². The second-order valence-electron chi connectivity index (χ2n) is 7.23. The van der Waals surface area contributed by atoms with E-state index in [4.69, 9.17) is 0 Å². The Hall–Kier alpha value is -2.86. The number of aromatic nitrogens is 2. The van der Waals surface area contributed by atoms with Gasteiger partial charge in [-0.1, -0.05) is 17.7 Å². The van der Waals surface area contributed by atoms with Crippen molar-refractivity contribution in [3.05, 3.63) is 46.6 Å². The Morgan fingerprint density at radius 2 is 1.97 bits per heavy atom. The number of nitrogens with zero attached hydrogens (tertiary/aromatic N) is 3. The summed E-state index contributed by atoms with van der Waals surface area (Å²) in [6.45, 7) is 1.63. The van der Waals surface area contributed by atoms with Gasteiger partial charge in [0.05, 0.1) is 17.9 Å². The molecule has 6 nitrogen and oxygen atoms in total. The van der Waals surface area contributed by atoms with Crippen LogP contribution in [-0.4, -0.2) is 27.2 Å². The Morgan fingerprint density at radius 3 is 2.62 bits per heavy atom. The number of anilines is 2. The highest BCUT2D eigenvalue weighted by Crippen LogP contribution is 2.33. The Kier molecular flexibility index (Phi) is 6.23. The van der Waals surface area contributed by atoms with Gasteiger partial charge in [-0.3, -0.25) is 0 Å². The average Bonchev–Trinajstić information content (AvgIpc) is 2.67. The number of hydrogen-bond donors (Lipinski definition) is 3. The average molecular weight is 405 g/mol. The highest BCUT2D eigenvalue weighted by atomic mass is 19.4. The van der Waals surface area contributed by atoms with Crippen molar-refractivity contribution in [2.24, 2.45) is 0 Å². The number of benzene rings is 1. The number of aryl methyl sites for hydroxylation is 1. The van der Waals surface area contributed by atoms with E-state index in [0.717, 1.165) is 24.5 Å². The molecule has 29 heavy (non-hydrogen) atoms. The highest BCUT2D eigenvalue weighted by Gasteiger charge is 2.33. The van der Waals surface area contributed by atoms with Crippen LogP contribution in [0.3, 0.4) is 0 Å². The van der Waals surface area contributed by atoms with E-state index in [1.165, 1.54) is 18.3 Å². The molecule has 3 N–H and O–H groups in total. The van der Waals surface area contributed by atoms with Crippen LogP contribution in [0.4, 0.5) is 24.9 Å². The van der Waals surface area contributed by atoms with Gasteiger partial charge in [-0.25, -0.2) is 4.98 Å². The molecule has 1 heterocycles. The lowest BCUT2D eigenvalue weighted by Gasteiger charge is -2.26. The van der Waals surface area contributed by atoms with E-state index in [2.05, 4.69) is 20.6 Å². The van der Waals surface area contributed by atoms with Crippen LogP contribution in [0.25, 0.3) is 0 Å². The van der Waals surface area contributed by atoms with Gasteiger partial charge >= 0.3 is 6.18 Å². The minimum absolute atomic E-state index is 0.0712. The first-order chi connectivity index (χ1) is 13.8. The van der Waals surface area contributed by atoms with Gasteiger partial charge in [-0.05, 0) is 44.2 Å². The van der Waals surface area contributed by atoms with Crippen molar-refractivity contribution >= 4 is 11.8 Å². The smallest absolute Gasteiger partial charge is 0.393 e. The van der Waals surface area contributed by atoms with Crippen LogP contribution in [0, 0.1) is 18.3 Å². The van der Waals surface area contributed by atoms with Crippen LogP contribution in [0.2, 0.25) is 0 Å². The number of halogens is 3. The van der Waals surface area contributed by atoms with E-state index >= 15 is 0 Å². The molecule has 1 saturated carbocycles. The predicted octanol–water partition coefficient (Wildman–Crippen LogP) is 4.00. The Labute approximate surface area is 166 Å². The molecule has 0 bridgehead atoms.